The average molecular weight is 307 g/mol. The summed E-state index contributed by atoms with van der Waals surface area (Å²) in [6, 6.07) is 5.24. The maximum atomic E-state index is 11.1. The number of hydrogen-bond donors (Lipinski definition) is 1. The SMILES string of the molecule is CCNc1ccc(CSc2nnc(C)n2C)cc1[N+](=O)[O-]. The van der Waals surface area contributed by atoms with Gasteiger partial charge in [0.1, 0.15) is 11.5 Å². The molecule has 8 heteroatoms. The number of benzene rings is 1. The Morgan fingerprint density at radius 1 is 1.43 bits per heavy atom. The van der Waals surface area contributed by atoms with Crippen LogP contribution in [-0.2, 0) is 12.8 Å². The summed E-state index contributed by atoms with van der Waals surface area (Å²) in [5.41, 5.74) is 1.53. The summed E-state index contributed by atoms with van der Waals surface area (Å²) in [6.45, 7) is 4.43. The Hall–Kier alpha value is -2.09. The molecule has 1 N–H and O–H groups in total. The minimum absolute atomic E-state index is 0.101. The lowest BCUT2D eigenvalue weighted by Crippen LogP contribution is -2.01. The maximum absolute atomic E-state index is 11.1. The van der Waals surface area contributed by atoms with Gasteiger partial charge in [0.15, 0.2) is 5.16 Å². The highest BCUT2D eigenvalue weighted by molar-refractivity contribution is 7.98. The van der Waals surface area contributed by atoms with E-state index in [2.05, 4.69) is 15.5 Å². The summed E-state index contributed by atoms with van der Waals surface area (Å²) in [6.07, 6.45) is 0. The largest absolute Gasteiger partial charge is 0.380 e. The summed E-state index contributed by atoms with van der Waals surface area (Å²) in [7, 11) is 1.90. The van der Waals surface area contributed by atoms with Crippen molar-refractivity contribution >= 4 is 23.1 Å². The lowest BCUT2D eigenvalue weighted by atomic mass is 10.2. The second kappa shape index (κ2) is 6.57. The molecule has 112 valence electrons. The van der Waals surface area contributed by atoms with Crippen molar-refractivity contribution in [1.29, 1.82) is 0 Å². The van der Waals surface area contributed by atoms with Gasteiger partial charge in [-0.25, -0.2) is 0 Å². The molecule has 0 saturated carbocycles. The van der Waals surface area contributed by atoms with Crippen molar-refractivity contribution in [1.82, 2.24) is 14.8 Å². The summed E-state index contributed by atoms with van der Waals surface area (Å²) in [5.74, 6) is 1.45. The number of thioether (sulfide) groups is 1. The Labute approximate surface area is 126 Å². The van der Waals surface area contributed by atoms with Gasteiger partial charge in [0.05, 0.1) is 4.92 Å². The fourth-order valence-corrected chi connectivity index (χ4v) is 2.72. The number of nitro benzene ring substituents is 1. The van der Waals surface area contributed by atoms with Crippen molar-refractivity contribution in [3.8, 4) is 0 Å². The first-order valence-corrected chi connectivity index (χ1v) is 7.51. The molecule has 7 nitrogen and oxygen atoms in total. The van der Waals surface area contributed by atoms with Gasteiger partial charge < -0.3 is 9.88 Å². The number of nitro groups is 1. The second-order valence-electron chi connectivity index (χ2n) is 4.52. The van der Waals surface area contributed by atoms with E-state index in [1.807, 2.05) is 31.5 Å². The highest BCUT2D eigenvalue weighted by Gasteiger charge is 2.14. The zero-order valence-corrected chi connectivity index (χ0v) is 13.0. The fourth-order valence-electron chi connectivity index (χ4n) is 1.82. The molecule has 0 fully saturated rings. The van der Waals surface area contributed by atoms with Crippen molar-refractivity contribution < 1.29 is 4.92 Å². The van der Waals surface area contributed by atoms with Crippen LogP contribution in [0.1, 0.15) is 18.3 Å². The van der Waals surface area contributed by atoms with Crippen molar-refractivity contribution in [2.24, 2.45) is 7.05 Å². The molecule has 0 unspecified atom stereocenters. The molecular weight excluding hydrogens is 290 g/mol. The van der Waals surface area contributed by atoms with E-state index in [0.29, 0.717) is 18.0 Å². The van der Waals surface area contributed by atoms with Gasteiger partial charge in [0.25, 0.3) is 5.69 Å². The molecule has 1 heterocycles. The van der Waals surface area contributed by atoms with Crippen LogP contribution < -0.4 is 5.32 Å². The van der Waals surface area contributed by atoms with E-state index in [9.17, 15) is 10.1 Å². The van der Waals surface area contributed by atoms with Crippen LogP contribution in [0.15, 0.2) is 23.4 Å². The third-order valence-electron chi connectivity index (χ3n) is 3.05. The van der Waals surface area contributed by atoms with E-state index >= 15 is 0 Å². The molecule has 2 rings (SSSR count). The third kappa shape index (κ3) is 3.52. The molecule has 1 aromatic heterocycles. The van der Waals surface area contributed by atoms with Gasteiger partial charge in [0.2, 0.25) is 0 Å². The Balaban J connectivity index is 2.15. The van der Waals surface area contributed by atoms with Crippen LogP contribution in [0.4, 0.5) is 11.4 Å². The van der Waals surface area contributed by atoms with E-state index in [1.54, 1.807) is 12.1 Å². The molecule has 0 atom stereocenters. The van der Waals surface area contributed by atoms with E-state index in [1.165, 1.54) is 11.8 Å². The Bertz CT molecular complexity index is 656. The first-order valence-electron chi connectivity index (χ1n) is 6.53. The molecule has 2 aromatic rings. The van der Waals surface area contributed by atoms with Crippen molar-refractivity contribution in [2.75, 3.05) is 11.9 Å². The summed E-state index contributed by atoms with van der Waals surface area (Å²) >= 11 is 1.51. The zero-order valence-electron chi connectivity index (χ0n) is 12.2. The van der Waals surface area contributed by atoms with Gasteiger partial charge in [0, 0.05) is 25.4 Å². The average Bonchev–Trinajstić information content (AvgIpc) is 2.78. The van der Waals surface area contributed by atoms with E-state index in [4.69, 9.17) is 0 Å². The Morgan fingerprint density at radius 2 is 2.19 bits per heavy atom. The lowest BCUT2D eigenvalue weighted by Gasteiger charge is -2.07. The summed E-state index contributed by atoms with van der Waals surface area (Å²) in [5, 5.41) is 23.0. The first kappa shape index (κ1) is 15.3. The predicted octanol–water partition coefficient (Wildman–Crippen LogP) is 2.76. The minimum atomic E-state index is -0.362. The molecule has 0 aliphatic heterocycles. The monoisotopic (exact) mass is 307 g/mol. The van der Waals surface area contributed by atoms with E-state index < -0.39 is 0 Å². The maximum Gasteiger partial charge on any atom is 0.292 e. The number of hydrogen-bond acceptors (Lipinski definition) is 6. The van der Waals surface area contributed by atoms with Crippen LogP contribution in [0.2, 0.25) is 0 Å². The molecule has 0 aliphatic rings. The quantitative estimate of drug-likeness (QED) is 0.502. The van der Waals surface area contributed by atoms with Crippen LogP contribution in [0.3, 0.4) is 0 Å². The van der Waals surface area contributed by atoms with Crippen LogP contribution >= 0.6 is 11.8 Å². The number of rotatable bonds is 6. The molecule has 0 bridgehead atoms. The number of aromatic nitrogens is 3. The van der Waals surface area contributed by atoms with Gasteiger partial charge in [-0.2, -0.15) is 0 Å². The van der Waals surface area contributed by atoms with Crippen molar-refractivity contribution in [3.05, 3.63) is 39.7 Å². The second-order valence-corrected chi connectivity index (χ2v) is 5.46. The van der Waals surface area contributed by atoms with Crippen LogP contribution in [0.25, 0.3) is 0 Å². The van der Waals surface area contributed by atoms with Gasteiger partial charge in [-0.1, -0.05) is 17.8 Å². The molecule has 0 amide bonds. The normalized spacial score (nSPS) is 10.6. The topological polar surface area (TPSA) is 85.9 Å². The van der Waals surface area contributed by atoms with E-state index in [0.717, 1.165) is 16.5 Å². The van der Waals surface area contributed by atoms with Crippen LogP contribution in [-0.4, -0.2) is 26.2 Å². The summed E-state index contributed by atoms with van der Waals surface area (Å²) in [4.78, 5) is 10.8. The predicted molar refractivity (Wildman–Crippen MR) is 82.6 cm³/mol. The highest BCUT2D eigenvalue weighted by Crippen LogP contribution is 2.28. The van der Waals surface area contributed by atoms with Crippen LogP contribution in [0, 0.1) is 17.0 Å². The molecule has 0 saturated heterocycles. The van der Waals surface area contributed by atoms with Gasteiger partial charge in [-0.05, 0) is 25.5 Å². The van der Waals surface area contributed by atoms with Gasteiger partial charge in [-0.15, -0.1) is 10.2 Å². The van der Waals surface area contributed by atoms with Gasteiger partial charge in [-0.3, -0.25) is 10.1 Å². The zero-order chi connectivity index (χ0) is 15.4. The van der Waals surface area contributed by atoms with E-state index in [-0.39, 0.29) is 10.6 Å². The highest BCUT2D eigenvalue weighted by atomic mass is 32.2. The van der Waals surface area contributed by atoms with Crippen LogP contribution in [0.5, 0.6) is 0 Å². The number of nitrogens with one attached hydrogen (secondary N) is 1. The van der Waals surface area contributed by atoms with Crippen molar-refractivity contribution in [3.63, 3.8) is 0 Å². The third-order valence-corrected chi connectivity index (χ3v) is 4.14. The molecule has 1 aromatic carbocycles. The number of aryl methyl sites for hydroxylation is 1. The summed E-state index contributed by atoms with van der Waals surface area (Å²) < 4.78 is 1.89. The first-order chi connectivity index (χ1) is 10.0. The fraction of sp³-hybridized carbons (Fsp3) is 0.385. The number of nitrogens with zero attached hydrogens (tertiary/aromatic N) is 4. The van der Waals surface area contributed by atoms with Gasteiger partial charge >= 0.3 is 0 Å². The van der Waals surface area contributed by atoms with Crippen molar-refractivity contribution in [2.45, 2.75) is 24.8 Å². The molecule has 0 aliphatic carbocycles. The molecule has 0 spiro atoms. The lowest BCUT2D eigenvalue weighted by molar-refractivity contribution is -0.384. The molecule has 0 radical (unpaired) electrons. The standard InChI is InChI=1S/C13H17N5O2S/c1-4-14-11-6-5-10(7-12(11)18(19)20)8-21-13-16-15-9(2)17(13)3/h5-7,14H,4,8H2,1-3H3. The molecule has 21 heavy (non-hydrogen) atoms. The minimum Gasteiger partial charge on any atom is -0.380 e. The Kier molecular flexibility index (Phi) is 4.79. The Morgan fingerprint density at radius 3 is 2.76 bits per heavy atom. The smallest absolute Gasteiger partial charge is 0.292 e. The number of anilines is 1. The molecular formula is C13H17N5O2S.